The van der Waals surface area contributed by atoms with E-state index < -0.39 is 7.26 Å². The molecule has 0 saturated carbocycles. The summed E-state index contributed by atoms with van der Waals surface area (Å²) in [4.78, 5) is 0. The summed E-state index contributed by atoms with van der Waals surface area (Å²) in [5.41, 5.74) is 1.26. The lowest BCUT2D eigenvalue weighted by molar-refractivity contribution is -0.00000748. The summed E-state index contributed by atoms with van der Waals surface area (Å²) in [5.74, 6) is 0. The molecule has 0 bridgehead atoms. The van der Waals surface area contributed by atoms with Crippen LogP contribution in [0, 0.1) is 0 Å². The number of rotatable bonds is 14. The number of hydrogen-bond acceptors (Lipinski definition) is 1. The highest BCUT2D eigenvalue weighted by atomic mass is 127. The Kier molecular flexibility index (Phi) is 12.7. The van der Waals surface area contributed by atoms with Crippen molar-refractivity contribution in [1.82, 2.24) is 0 Å². The third kappa shape index (κ3) is 8.00. The van der Waals surface area contributed by atoms with Crippen molar-refractivity contribution < 1.29 is 28.7 Å². The maximum absolute atomic E-state index is 5.84. The van der Waals surface area contributed by atoms with Crippen LogP contribution in [0.4, 0.5) is 0 Å². The fourth-order valence-corrected chi connectivity index (χ4v) is 9.32. The van der Waals surface area contributed by atoms with Gasteiger partial charge in [0.25, 0.3) is 0 Å². The lowest BCUT2D eigenvalue weighted by Gasteiger charge is -2.27. The molecule has 0 atom stereocenters. The monoisotopic (exact) mass is 608 g/mol. The smallest absolute Gasteiger partial charge is 0.112 e. The number of benzene rings is 4. The maximum atomic E-state index is 5.84. The first kappa shape index (κ1) is 28.6. The van der Waals surface area contributed by atoms with Gasteiger partial charge in [-0.25, -0.2) is 0 Å². The molecule has 0 radical (unpaired) electrons. The van der Waals surface area contributed by atoms with Crippen molar-refractivity contribution in [2.24, 2.45) is 0 Å². The Morgan fingerprint density at radius 2 is 0.833 bits per heavy atom. The molecule has 0 N–H and O–H groups in total. The molecule has 188 valence electrons. The molecule has 4 aromatic rings. The average Bonchev–Trinajstić information content (AvgIpc) is 2.94. The molecule has 1 nitrogen and oxygen atoms in total. The molecule has 0 unspecified atom stereocenters. The highest BCUT2D eigenvalue weighted by Gasteiger charge is 2.44. The van der Waals surface area contributed by atoms with E-state index in [1.54, 1.807) is 0 Å². The molecular weight excluding hydrogens is 570 g/mol. The standard InChI is InChI=1S/C33H38OP.HI/c1(3-17-27-34-29-30-19-9-5-10-20-30)2-4-18-28-35(31-21-11-6-12-22-31,32-23-13-7-14-24-32)33-25-15-8-16-26-33;/h5-16,19-26H,1-4,17-18,27-29H2;1H/q+1;/p-1. The predicted octanol–water partition coefficient (Wildman–Crippen LogP) is 4.54. The number of halogens is 1. The summed E-state index contributed by atoms with van der Waals surface area (Å²) in [7, 11) is -1.67. The minimum absolute atomic E-state index is 0. The molecule has 0 saturated heterocycles. The third-order valence-corrected chi connectivity index (χ3v) is 11.3. The van der Waals surface area contributed by atoms with Gasteiger partial charge in [-0.1, -0.05) is 104 Å². The summed E-state index contributed by atoms with van der Waals surface area (Å²) < 4.78 is 5.84. The van der Waals surface area contributed by atoms with Gasteiger partial charge in [0.15, 0.2) is 0 Å². The molecule has 0 heterocycles. The summed E-state index contributed by atoms with van der Waals surface area (Å²) in [6, 6.07) is 44.2. The Hall–Kier alpha value is -2.00. The van der Waals surface area contributed by atoms with Crippen molar-refractivity contribution in [3.05, 3.63) is 127 Å². The van der Waals surface area contributed by atoms with Gasteiger partial charge in [0.1, 0.15) is 23.2 Å². The van der Waals surface area contributed by atoms with Crippen LogP contribution in [0.1, 0.15) is 44.1 Å². The van der Waals surface area contributed by atoms with E-state index >= 15 is 0 Å². The second kappa shape index (κ2) is 16.0. The topological polar surface area (TPSA) is 9.23 Å². The first-order valence-corrected chi connectivity index (χ1v) is 15.0. The minimum atomic E-state index is -1.67. The lowest BCUT2D eigenvalue weighted by Crippen LogP contribution is -3.00. The molecule has 0 aliphatic heterocycles. The van der Waals surface area contributed by atoms with Gasteiger partial charge >= 0.3 is 0 Å². The van der Waals surface area contributed by atoms with Gasteiger partial charge in [0.2, 0.25) is 0 Å². The summed E-state index contributed by atoms with van der Waals surface area (Å²) in [6.07, 6.45) is 8.79. The van der Waals surface area contributed by atoms with Gasteiger partial charge in [0, 0.05) is 6.61 Å². The molecule has 4 aromatic carbocycles. The molecule has 4 rings (SSSR count). The second-order valence-electron chi connectivity index (χ2n) is 9.20. The largest absolute Gasteiger partial charge is 1.00 e. The average molecular weight is 609 g/mol. The molecule has 0 aromatic heterocycles. The first-order chi connectivity index (χ1) is 17.4. The third-order valence-electron chi connectivity index (χ3n) is 6.73. The zero-order chi connectivity index (χ0) is 24.0. The van der Waals surface area contributed by atoms with E-state index in [2.05, 4.69) is 121 Å². The zero-order valence-electron chi connectivity index (χ0n) is 21.1. The lowest BCUT2D eigenvalue weighted by atomic mass is 10.1. The fraction of sp³-hybridized carbons (Fsp3) is 0.273. The SMILES string of the molecule is [I-].c1ccc(COCCCCCCCC[P+](c2ccccc2)(c2ccccc2)c2ccccc2)cc1. The van der Waals surface area contributed by atoms with E-state index in [9.17, 15) is 0 Å². The Balaban J connectivity index is 0.00000361. The minimum Gasteiger partial charge on any atom is -1.00 e. The molecule has 0 spiro atoms. The van der Waals surface area contributed by atoms with Gasteiger partial charge in [-0.3, -0.25) is 0 Å². The van der Waals surface area contributed by atoms with Crippen LogP contribution in [-0.4, -0.2) is 12.8 Å². The highest BCUT2D eigenvalue weighted by molar-refractivity contribution is 7.95. The Morgan fingerprint density at radius 1 is 0.444 bits per heavy atom. The second-order valence-corrected chi connectivity index (χ2v) is 12.8. The van der Waals surface area contributed by atoms with Crippen molar-refractivity contribution in [3.63, 3.8) is 0 Å². The van der Waals surface area contributed by atoms with Gasteiger partial charge in [0.05, 0.1) is 12.8 Å². The van der Waals surface area contributed by atoms with Crippen LogP contribution in [0.2, 0.25) is 0 Å². The van der Waals surface area contributed by atoms with E-state index in [1.807, 2.05) is 0 Å². The molecule has 0 aliphatic carbocycles. The van der Waals surface area contributed by atoms with E-state index in [0.29, 0.717) is 0 Å². The van der Waals surface area contributed by atoms with Gasteiger partial charge < -0.3 is 28.7 Å². The fourth-order valence-electron chi connectivity index (χ4n) is 4.91. The van der Waals surface area contributed by atoms with Gasteiger partial charge in [-0.2, -0.15) is 0 Å². The molecule has 36 heavy (non-hydrogen) atoms. The summed E-state index contributed by atoms with van der Waals surface area (Å²) >= 11 is 0. The number of hydrogen-bond donors (Lipinski definition) is 0. The summed E-state index contributed by atoms with van der Waals surface area (Å²) in [6.45, 7) is 1.59. The Morgan fingerprint density at radius 3 is 1.31 bits per heavy atom. The Labute approximate surface area is 235 Å². The van der Waals surface area contributed by atoms with Crippen LogP contribution < -0.4 is 39.9 Å². The Bertz CT molecular complexity index is 991. The van der Waals surface area contributed by atoms with Crippen molar-refractivity contribution >= 4 is 23.2 Å². The van der Waals surface area contributed by atoms with E-state index in [0.717, 1.165) is 19.6 Å². The van der Waals surface area contributed by atoms with E-state index in [-0.39, 0.29) is 24.0 Å². The van der Waals surface area contributed by atoms with E-state index in [1.165, 1.54) is 59.7 Å². The van der Waals surface area contributed by atoms with Crippen LogP contribution in [-0.2, 0) is 11.3 Å². The van der Waals surface area contributed by atoms with Crippen molar-refractivity contribution in [2.45, 2.75) is 45.1 Å². The normalized spacial score (nSPS) is 11.1. The maximum Gasteiger partial charge on any atom is 0.112 e. The van der Waals surface area contributed by atoms with Crippen LogP contribution in [0.3, 0.4) is 0 Å². The van der Waals surface area contributed by atoms with Crippen molar-refractivity contribution in [3.8, 4) is 0 Å². The van der Waals surface area contributed by atoms with Crippen LogP contribution in [0.25, 0.3) is 0 Å². The highest BCUT2D eigenvalue weighted by Crippen LogP contribution is 2.55. The van der Waals surface area contributed by atoms with E-state index in [4.69, 9.17) is 4.74 Å². The molecule has 3 heteroatoms. The van der Waals surface area contributed by atoms with Gasteiger partial charge in [-0.15, -0.1) is 0 Å². The van der Waals surface area contributed by atoms with Crippen molar-refractivity contribution in [1.29, 1.82) is 0 Å². The van der Waals surface area contributed by atoms with Crippen molar-refractivity contribution in [2.75, 3.05) is 12.8 Å². The van der Waals surface area contributed by atoms with Crippen LogP contribution >= 0.6 is 7.26 Å². The number of unbranched alkanes of at least 4 members (excludes halogenated alkanes) is 5. The molecule has 0 aliphatic rings. The molecule has 0 fully saturated rings. The summed E-state index contributed by atoms with van der Waals surface area (Å²) in [5, 5.41) is 4.48. The predicted molar refractivity (Wildman–Crippen MR) is 154 cm³/mol. The quantitative estimate of drug-likeness (QED) is 0.116. The first-order valence-electron chi connectivity index (χ1n) is 13.1. The molecule has 0 amide bonds. The van der Waals surface area contributed by atoms with Gasteiger partial charge in [-0.05, 0) is 61.2 Å². The number of ether oxygens (including phenoxy) is 1. The molecular formula is C33H38IOP. The zero-order valence-corrected chi connectivity index (χ0v) is 24.2. The van der Waals surface area contributed by atoms with Crippen LogP contribution in [0.5, 0.6) is 0 Å². The van der Waals surface area contributed by atoms with Crippen LogP contribution in [0.15, 0.2) is 121 Å².